The van der Waals surface area contributed by atoms with Crippen LogP contribution in [0, 0.1) is 19.7 Å². The summed E-state index contributed by atoms with van der Waals surface area (Å²) >= 11 is 0. The number of carbonyl (C=O) groups excluding carboxylic acids is 1. The van der Waals surface area contributed by atoms with Crippen molar-refractivity contribution in [3.63, 3.8) is 0 Å². The number of hydrogen-bond donors (Lipinski definition) is 1. The average molecular weight is 384 g/mol. The summed E-state index contributed by atoms with van der Waals surface area (Å²) in [5, 5.41) is 3.01. The minimum absolute atomic E-state index is 0.0577. The molecule has 1 amide bonds. The summed E-state index contributed by atoms with van der Waals surface area (Å²) in [5.74, 6) is -0.177. The summed E-state index contributed by atoms with van der Waals surface area (Å²) in [6.07, 6.45) is 0.707. The van der Waals surface area contributed by atoms with Crippen molar-refractivity contribution in [2.75, 3.05) is 37.6 Å². The van der Waals surface area contributed by atoms with Gasteiger partial charge in [-0.3, -0.25) is 9.69 Å². The molecule has 1 aliphatic rings. The van der Waals surface area contributed by atoms with Gasteiger partial charge >= 0.3 is 0 Å². The lowest BCUT2D eigenvalue weighted by molar-refractivity contribution is -0.125. The molecule has 1 atom stereocenters. The first kappa shape index (κ1) is 20.3. The maximum atomic E-state index is 12.9. The van der Waals surface area contributed by atoms with Crippen LogP contribution in [0.2, 0.25) is 0 Å². The van der Waals surface area contributed by atoms with Gasteiger partial charge in [0.15, 0.2) is 0 Å². The highest BCUT2D eigenvalue weighted by molar-refractivity contribution is 5.81. The third-order valence-electron chi connectivity index (χ3n) is 5.78. The van der Waals surface area contributed by atoms with E-state index < -0.39 is 0 Å². The molecular weight excluding hydrogens is 353 g/mol. The molecule has 1 unspecified atom stereocenters. The zero-order valence-corrected chi connectivity index (χ0v) is 17.0. The van der Waals surface area contributed by atoms with Crippen molar-refractivity contribution in [2.24, 2.45) is 0 Å². The molecule has 0 aliphatic carbocycles. The van der Waals surface area contributed by atoms with Gasteiger partial charge in [-0.05, 0) is 62.1 Å². The first-order chi connectivity index (χ1) is 13.5. The van der Waals surface area contributed by atoms with Crippen LogP contribution in [-0.4, -0.2) is 49.6 Å². The van der Waals surface area contributed by atoms with Gasteiger partial charge in [-0.25, -0.2) is 4.39 Å². The van der Waals surface area contributed by atoms with E-state index in [2.05, 4.69) is 47.2 Å². The van der Waals surface area contributed by atoms with Crippen LogP contribution in [0.3, 0.4) is 0 Å². The Morgan fingerprint density at radius 3 is 2.43 bits per heavy atom. The number of rotatable bonds is 6. The van der Waals surface area contributed by atoms with Crippen LogP contribution in [-0.2, 0) is 11.2 Å². The molecule has 2 aromatic rings. The molecule has 0 radical (unpaired) electrons. The molecule has 1 N–H and O–H groups in total. The number of anilines is 1. The molecule has 4 nitrogen and oxygen atoms in total. The first-order valence-corrected chi connectivity index (χ1v) is 10.0. The number of piperazine rings is 1. The van der Waals surface area contributed by atoms with Crippen molar-refractivity contribution in [3.8, 4) is 0 Å². The Kier molecular flexibility index (Phi) is 6.68. The summed E-state index contributed by atoms with van der Waals surface area (Å²) in [7, 11) is 0. The molecule has 2 aromatic carbocycles. The molecule has 0 spiro atoms. The lowest BCUT2D eigenvalue weighted by Crippen LogP contribution is -2.54. The number of benzene rings is 2. The Labute approximate surface area is 167 Å². The lowest BCUT2D eigenvalue weighted by atomic mass is 10.1. The largest absolute Gasteiger partial charge is 0.369 e. The fourth-order valence-corrected chi connectivity index (χ4v) is 3.72. The Morgan fingerprint density at radius 1 is 1.07 bits per heavy atom. The van der Waals surface area contributed by atoms with E-state index in [-0.39, 0.29) is 17.8 Å². The molecule has 1 saturated heterocycles. The molecule has 3 rings (SSSR count). The molecule has 0 aromatic heterocycles. The van der Waals surface area contributed by atoms with E-state index >= 15 is 0 Å². The van der Waals surface area contributed by atoms with Crippen LogP contribution in [0.15, 0.2) is 42.5 Å². The molecule has 0 bridgehead atoms. The second-order valence-corrected chi connectivity index (χ2v) is 7.59. The van der Waals surface area contributed by atoms with E-state index in [1.54, 1.807) is 12.1 Å². The molecular formula is C23H30FN3O. The predicted molar refractivity (Wildman–Crippen MR) is 112 cm³/mol. The smallest absolute Gasteiger partial charge is 0.237 e. The van der Waals surface area contributed by atoms with Crippen molar-refractivity contribution in [1.29, 1.82) is 0 Å². The number of amides is 1. The minimum Gasteiger partial charge on any atom is -0.369 e. The number of nitrogens with zero attached hydrogens (tertiary/aromatic N) is 2. The lowest BCUT2D eigenvalue weighted by Gasteiger charge is -2.39. The monoisotopic (exact) mass is 383 g/mol. The zero-order valence-electron chi connectivity index (χ0n) is 17.0. The normalized spacial score (nSPS) is 16.1. The highest BCUT2D eigenvalue weighted by Crippen LogP contribution is 2.24. The summed E-state index contributed by atoms with van der Waals surface area (Å²) < 4.78 is 12.9. The highest BCUT2D eigenvalue weighted by Gasteiger charge is 2.26. The van der Waals surface area contributed by atoms with Gasteiger partial charge in [0.1, 0.15) is 5.82 Å². The van der Waals surface area contributed by atoms with Crippen LogP contribution >= 0.6 is 0 Å². The van der Waals surface area contributed by atoms with E-state index in [0.29, 0.717) is 13.0 Å². The second-order valence-electron chi connectivity index (χ2n) is 7.59. The molecule has 150 valence electrons. The molecule has 28 heavy (non-hydrogen) atoms. The average Bonchev–Trinajstić information content (AvgIpc) is 2.71. The van der Waals surface area contributed by atoms with E-state index in [4.69, 9.17) is 0 Å². The van der Waals surface area contributed by atoms with Gasteiger partial charge in [0.2, 0.25) is 5.91 Å². The topological polar surface area (TPSA) is 35.6 Å². The van der Waals surface area contributed by atoms with Crippen molar-refractivity contribution in [1.82, 2.24) is 10.2 Å². The summed E-state index contributed by atoms with van der Waals surface area (Å²) in [4.78, 5) is 17.2. The summed E-state index contributed by atoms with van der Waals surface area (Å²) in [6.45, 7) is 10.5. The maximum absolute atomic E-state index is 12.9. The third-order valence-corrected chi connectivity index (χ3v) is 5.78. The quantitative estimate of drug-likeness (QED) is 0.831. The van der Waals surface area contributed by atoms with Gasteiger partial charge in [-0.2, -0.15) is 0 Å². The number of hydrogen-bond acceptors (Lipinski definition) is 3. The van der Waals surface area contributed by atoms with E-state index in [9.17, 15) is 9.18 Å². The maximum Gasteiger partial charge on any atom is 0.237 e. The predicted octanol–water partition coefficient (Wildman–Crippen LogP) is 3.31. The number of carbonyl (C=O) groups is 1. The first-order valence-electron chi connectivity index (χ1n) is 10.0. The van der Waals surface area contributed by atoms with Crippen LogP contribution in [0.4, 0.5) is 10.1 Å². The van der Waals surface area contributed by atoms with Gasteiger partial charge in [0, 0.05) is 38.4 Å². The van der Waals surface area contributed by atoms with Gasteiger partial charge < -0.3 is 10.2 Å². The van der Waals surface area contributed by atoms with Crippen LogP contribution < -0.4 is 10.2 Å². The van der Waals surface area contributed by atoms with Crippen LogP contribution in [0.5, 0.6) is 0 Å². The number of aryl methyl sites for hydroxylation is 1. The Balaban J connectivity index is 1.46. The standard InChI is InChI=1S/C23H30FN3O/c1-17-5-4-6-22(18(17)2)27-15-13-26(14-16-27)19(3)23(28)25-12-11-20-7-9-21(24)10-8-20/h4-10,19H,11-16H2,1-3H3,(H,25,28). The van der Waals surface area contributed by atoms with E-state index in [0.717, 1.165) is 31.7 Å². The van der Waals surface area contributed by atoms with Crippen molar-refractivity contribution in [2.45, 2.75) is 33.2 Å². The second kappa shape index (κ2) is 9.20. The molecule has 5 heteroatoms. The Hall–Kier alpha value is -2.40. The van der Waals surface area contributed by atoms with Gasteiger partial charge in [0.25, 0.3) is 0 Å². The fraction of sp³-hybridized carbons (Fsp3) is 0.435. The van der Waals surface area contributed by atoms with Gasteiger partial charge in [0.05, 0.1) is 6.04 Å². The van der Waals surface area contributed by atoms with E-state index in [1.165, 1.54) is 28.9 Å². The summed E-state index contributed by atoms with van der Waals surface area (Å²) in [6, 6.07) is 12.7. The fourth-order valence-electron chi connectivity index (χ4n) is 3.72. The molecule has 0 saturated carbocycles. The van der Waals surface area contributed by atoms with Crippen molar-refractivity contribution < 1.29 is 9.18 Å². The SMILES string of the molecule is Cc1cccc(N2CCN(C(C)C(=O)NCCc3ccc(F)cc3)CC2)c1C. The summed E-state index contributed by atoms with van der Waals surface area (Å²) in [5.41, 5.74) is 4.98. The van der Waals surface area contributed by atoms with Crippen molar-refractivity contribution in [3.05, 3.63) is 65.0 Å². The number of nitrogens with one attached hydrogen (secondary N) is 1. The Morgan fingerprint density at radius 2 is 1.75 bits per heavy atom. The zero-order chi connectivity index (χ0) is 20.1. The minimum atomic E-state index is -0.235. The highest BCUT2D eigenvalue weighted by atomic mass is 19.1. The molecule has 1 fully saturated rings. The van der Waals surface area contributed by atoms with Crippen LogP contribution in [0.25, 0.3) is 0 Å². The number of halogens is 1. The van der Waals surface area contributed by atoms with Gasteiger partial charge in [-0.15, -0.1) is 0 Å². The molecule has 1 aliphatic heterocycles. The van der Waals surface area contributed by atoms with Crippen LogP contribution in [0.1, 0.15) is 23.6 Å². The van der Waals surface area contributed by atoms with Crippen molar-refractivity contribution >= 4 is 11.6 Å². The van der Waals surface area contributed by atoms with E-state index in [1.807, 2.05) is 6.92 Å². The third kappa shape index (κ3) is 4.90. The molecule has 1 heterocycles. The van der Waals surface area contributed by atoms with Gasteiger partial charge in [-0.1, -0.05) is 24.3 Å². The Bertz CT molecular complexity index is 798.